The molecular weight excluding hydrogens is 318 g/mol. The fourth-order valence-corrected chi connectivity index (χ4v) is 3.30. The van der Waals surface area contributed by atoms with Crippen molar-refractivity contribution in [3.63, 3.8) is 0 Å². The SMILES string of the molecule is Cc1ccccc1CN(Cc1ccccc1)CC(O)Cc1ccccc1. The maximum Gasteiger partial charge on any atom is 0.0707 e. The van der Waals surface area contributed by atoms with Crippen LogP contribution in [-0.4, -0.2) is 22.7 Å². The maximum atomic E-state index is 10.7. The third kappa shape index (κ3) is 5.55. The molecule has 3 aromatic rings. The van der Waals surface area contributed by atoms with E-state index in [9.17, 15) is 5.11 Å². The van der Waals surface area contributed by atoms with Crippen molar-refractivity contribution in [2.75, 3.05) is 6.54 Å². The highest BCUT2D eigenvalue weighted by molar-refractivity contribution is 5.26. The van der Waals surface area contributed by atoms with Crippen LogP contribution in [0.25, 0.3) is 0 Å². The topological polar surface area (TPSA) is 23.5 Å². The Hall–Kier alpha value is -2.42. The van der Waals surface area contributed by atoms with Gasteiger partial charge in [-0.15, -0.1) is 0 Å². The van der Waals surface area contributed by atoms with Crippen molar-refractivity contribution in [1.29, 1.82) is 0 Å². The second-order valence-corrected chi connectivity index (χ2v) is 6.93. The zero-order chi connectivity index (χ0) is 18.2. The van der Waals surface area contributed by atoms with Gasteiger partial charge in [0.15, 0.2) is 0 Å². The van der Waals surface area contributed by atoms with Gasteiger partial charge in [-0.25, -0.2) is 0 Å². The lowest BCUT2D eigenvalue weighted by Crippen LogP contribution is -2.33. The summed E-state index contributed by atoms with van der Waals surface area (Å²) in [5, 5.41) is 10.7. The molecule has 0 aliphatic carbocycles. The third-order valence-corrected chi connectivity index (χ3v) is 4.69. The summed E-state index contributed by atoms with van der Waals surface area (Å²) in [5.74, 6) is 0. The molecule has 26 heavy (non-hydrogen) atoms. The van der Waals surface area contributed by atoms with E-state index < -0.39 is 0 Å². The fourth-order valence-electron chi connectivity index (χ4n) is 3.30. The number of rotatable bonds is 8. The summed E-state index contributed by atoms with van der Waals surface area (Å²) >= 11 is 0. The monoisotopic (exact) mass is 345 g/mol. The van der Waals surface area contributed by atoms with Gasteiger partial charge >= 0.3 is 0 Å². The van der Waals surface area contributed by atoms with Gasteiger partial charge in [0, 0.05) is 19.6 Å². The predicted molar refractivity (Wildman–Crippen MR) is 108 cm³/mol. The highest BCUT2D eigenvalue weighted by atomic mass is 16.3. The minimum absolute atomic E-state index is 0.384. The van der Waals surface area contributed by atoms with Crippen molar-refractivity contribution < 1.29 is 5.11 Å². The molecule has 1 unspecified atom stereocenters. The Labute approximate surface area is 156 Å². The van der Waals surface area contributed by atoms with E-state index in [0.717, 1.165) is 13.1 Å². The Morgan fingerprint density at radius 1 is 0.731 bits per heavy atom. The van der Waals surface area contributed by atoms with Crippen LogP contribution < -0.4 is 0 Å². The van der Waals surface area contributed by atoms with E-state index in [0.29, 0.717) is 13.0 Å². The molecule has 1 atom stereocenters. The van der Waals surface area contributed by atoms with E-state index in [1.807, 2.05) is 24.3 Å². The van der Waals surface area contributed by atoms with E-state index in [2.05, 4.69) is 72.5 Å². The Balaban J connectivity index is 1.70. The first-order valence-corrected chi connectivity index (χ1v) is 9.23. The van der Waals surface area contributed by atoms with Gasteiger partial charge in [0.2, 0.25) is 0 Å². The van der Waals surface area contributed by atoms with Gasteiger partial charge in [0.1, 0.15) is 0 Å². The van der Waals surface area contributed by atoms with Crippen LogP contribution in [0.15, 0.2) is 84.9 Å². The van der Waals surface area contributed by atoms with E-state index in [-0.39, 0.29) is 6.10 Å². The lowest BCUT2D eigenvalue weighted by molar-refractivity contribution is 0.104. The zero-order valence-electron chi connectivity index (χ0n) is 15.4. The van der Waals surface area contributed by atoms with Crippen molar-refractivity contribution in [3.05, 3.63) is 107 Å². The summed E-state index contributed by atoms with van der Waals surface area (Å²) in [4.78, 5) is 2.34. The molecule has 0 heterocycles. The molecule has 0 fully saturated rings. The Morgan fingerprint density at radius 2 is 1.31 bits per heavy atom. The van der Waals surface area contributed by atoms with Gasteiger partial charge in [-0.05, 0) is 35.6 Å². The van der Waals surface area contributed by atoms with Gasteiger partial charge in [-0.3, -0.25) is 4.90 Å². The van der Waals surface area contributed by atoms with Gasteiger partial charge < -0.3 is 5.11 Å². The standard InChI is InChI=1S/C24H27NO/c1-20-10-8-9-15-23(20)18-25(17-22-13-6-3-7-14-22)19-24(26)16-21-11-4-2-5-12-21/h2-15,24,26H,16-19H2,1H3. The van der Waals surface area contributed by atoms with Crippen LogP contribution >= 0.6 is 0 Å². The highest BCUT2D eigenvalue weighted by Crippen LogP contribution is 2.15. The van der Waals surface area contributed by atoms with Gasteiger partial charge in [0.25, 0.3) is 0 Å². The third-order valence-electron chi connectivity index (χ3n) is 4.69. The second-order valence-electron chi connectivity index (χ2n) is 6.93. The molecule has 0 aromatic heterocycles. The van der Waals surface area contributed by atoms with Gasteiger partial charge in [0.05, 0.1) is 6.10 Å². The molecule has 134 valence electrons. The summed E-state index contributed by atoms with van der Waals surface area (Å²) in [5.41, 5.74) is 5.06. The van der Waals surface area contributed by atoms with E-state index in [1.165, 1.54) is 22.3 Å². The molecule has 2 nitrogen and oxygen atoms in total. The number of hydrogen-bond donors (Lipinski definition) is 1. The molecule has 0 saturated carbocycles. The molecule has 3 aromatic carbocycles. The summed E-state index contributed by atoms with van der Waals surface area (Å²) < 4.78 is 0. The van der Waals surface area contributed by atoms with Gasteiger partial charge in [-0.1, -0.05) is 84.9 Å². The number of aliphatic hydroxyl groups excluding tert-OH is 1. The number of nitrogens with zero attached hydrogens (tertiary/aromatic N) is 1. The summed E-state index contributed by atoms with van der Waals surface area (Å²) in [6, 6.07) is 29.2. The minimum Gasteiger partial charge on any atom is -0.391 e. The van der Waals surface area contributed by atoms with Crippen molar-refractivity contribution in [1.82, 2.24) is 4.90 Å². The number of hydrogen-bond acceptors (Lipinski definition) is 2. The van der Waals surface area contributed by atoms with Crippen LogP contribution in [0.5, 0.6) is 0 Å². The normalized spacial score (nSPS) is 12.3. The lowest BCUT2D eigenvalue weighted by atomic mass is 10.1. The maximum absolute atomic E-state index is 10.7. The van der Waals surface area contributed by atoms with Crippen molar-refractivity contribution >= 4 is 0 Å². The predicted octanol–water partition coefficient (Wildman–Crippen LogP) is 4.60. The van der Waals surface area contributed by atoms with E-state index in [1.54, 1.807) is 0 Å². The largest absolute Gasteiger partial charge is 0.391 e. The number of benzene rings is 3. The lowest BCUT2D eigenvalue weighted by Gasteiger charge is -2.26. The van der Waals surface area contributed by atoms with Crippen molar-refractivity contribution in [2.45, 2.75) is 32.5 Å². The molecule has 0 radical (unpaired) electrons. The zero-order valence-corrected chi connectivity index (χ0v) is 15.4. The Bertz CT molecular complexity index is 786. The molecule has 0 bridgehead atoms. The quantitative estimate of drug-likeness (QED) is 0.645. The molecule has 0 aliphatic heterocycles. The van der Waals surface area contributed by atoms with Crippen LogP contribution in [0.1, 0.15) is 22.3 Å². The second kappa shape index (κ2) is 9.33. The number of aliphatic hydroxyl groups is 1. The Kier molecular flexibility index (Phi) is 6.59. The van der Waals surface area contributed by atoms with Crippen LogP contribution in [0.2, 0.25) is 0 Å². The minimum atomic E-state index is -0.384. The summed E-state index contributed by atoms with van der Waals surface area (Å²) in [7, 11) is 0. The molecule has 2 heteroatoms. The van der Waals surface area contributed by atoms with Crippen molar-refractivity contribution in [3.8, 4) is 0 Å². The summed E-state index contributed by atoms with van der Waals surface area (Å²) in [6.07, 6.45) is 0.296. The fraction of sp³-hybridized carbons (Fsp3) is 0.250. The Morgan fingerprint density at radius 3 is 1.96 bits per heavy atom. The van der Waals surface area contributed by atoms with Gasteiger partial charge in [-0.2, -0.15) is 0 Å². The molecule has 0 amide bonds. The average Bonchev–Trinajstić information content (AvgIpc) is 2.65. The molecule has 0 saturated heterocycles. The highest BCUT2D eigenvalue weighted by Gasteiger charge is 2.14. The van der Waals surface area contributed by atoms with E-state index in [4.69, 9.17) is 0 Å². The smallest absolute Gasteiger partial charge is 0.0707 e. The molecule has 0 aliphatic rings. The van der Waals surface area contributed by atoms with Crippen LogP contribution in [0.3, 0.4) is 0 Å². The van der Waals surface area contributed by atoms with Crippen molar-refractivity contribution in [2.24, 2.45) is 0 Å². The van der Waals surface area contributed by atoms with Crippen LogP contribution in [-0.2, 0) is 19.5 Å². The first-order chi connectivity index (χ1) is 12.7. The first kappa shape index (κ1) is 18.4. The molecule has 3 rings (SSSR count). The van der Waals surface area contributed by atoms with E-state index >= 15 is 0 Å². The molecule has 0 spiro atoms. The van der Waals surface area contributed by atoms with Crippen LogP contribution in [0.4, 0.5) is 0 Å². The summed E-state index contributed by atoms with van der Waals surface area (Å²) in [6.45, 7) is 4.48. The molecule has 1 N–H and O–H groups in total. The number of aryl methyl sites for hydroxylation is 1. The first-order valence-electron chi connectivity index (χ1n) is 9.23. The van der Waals surface area contributed by atoms with Crippen LogP contribution in [0, 0.1) is 6.92 Å². The average molecular weight is 345 g/mol. The molecular formula is C24H27NO.